The summed E-state index contributed by atoms with van der Waals surface area (Å²) >= 11 is 1.72. The quantitative estimate of drug-likeness (QED) is 0.702. The number of nitrogens with zero attached hydrogens (tertiary/aromatic N) is 2. The molecule has 0 fully saturated rings. The van der Waals surface area contributed by atoms with Gasteiger partial charge in [0.2, 0.25) is 0 Å². The fraction of sp³-hybridized carbons (Fsp3) is 0.571. The molecular formula is C7H13N3S. The molecule has 0 aliphatic rings. The van der Waals surface area contributed by atoms with Crippen LogP contribution in [0.1, 0.15) is 13.8 Å². The highest BCUT2D eigenvalue weighted by Gasteiger charge is 2.03. The van der Waals surface area contributed by atoms with Gasteiger partial charge in [-0.25, -0.2) is 4.98 Å². The lowest BCUT2D eigenvalue weighted by molar-refractivity contribution is 0.690. The Morgan fingerprint density at radius 2 is 2.36 bits per heavy atom. The number of rotatable bonds is 3. The van der Waals surface area contributed by atoms with Gasteiger partial charge in [-0.2, -0.15) is 0 Å². The van der Waals surface area contributed by atoms with Crippen LogP contribution in [0.15, 0.2) is 11.4 Å². The maximum atomic E-state index is 5.67. The summed E-state index contributed by atoms with van der Waals surface area (Å²) in [5, 5.41) is 1.02. The summed E-state index contributed by atoms with van der Waals surface area (Å²) in [5.74, 6) is 1.79. The van der Waals surface area contributed by atoms with E-state index in [2.05, 4.69) is 18.8 Å². The predicted molar refractivity (Wildman–Crippen MR) is 48.7 cm³/mol. The van der Waals surface area contributed by atoms with E-state index in [0.29, 0.717) is 0 Å². The minimum Gasteiger partial charge on any atom is -0.384 e. The van der Waals surface area contributed by atoms with Gasteiger partial charge in [0.1, 0.15) is 5.82 Å². The van der Waals surface area contributed by atoms with Gasteiger partial charge in [0, 0.05) is 6.54 Å². The molecule has 0 radical (unpaired) electrons. The lowest BCUT2D eigenvalue weighted by Gasteiger charge is -2.03. The van der Waals surface area contributed by atoms with E-state index in [1.807, 2.05) is 4.57 Å². The first-order valence-electron chi connectivity index (χ1n) is 3.73. The van der Waals surface area contributed by atoms with Crippen LogP contribution >= 0.6 is 11.8 Å². The van der Waals surface area contributed by atoms with Crippen molar-refractivity contribution in [1.82, 2.24) is 9.55 Å². The summed E-state index contributed by atoms with van der Waals surface area (Å²) in [5.41, 5.74) is 5.67. The van der Waals surface area contributed by atoms with Crippen LogP contribution in [0.5, 0.6) is 0 Å². The standard InChI is InChI=1S/C7H13N3S/c1-3-10-6(8)5-9-7(10)11-4-2/h5H,3-4,8H2,1-2H3. The van der Waals surface area contributed by atoms with E-state index in [1.165, 1.54) is 0 Å². The summed E-state index contributed by atoms with van der Waals surface area (Å²) in [6.45, 7) is 5.07. The largest absolute Gasteiger partial charge is 0.384 e. The summed E-state index contributed by atoms with van der Waals surface area (Å²) < 4.78 is 2.01. The molecule has 0 atom stereocenters. The van der Waals surface area contributed by atoms with Gasteiger partial charge in [-0.3, -0.25) is 0 Å². The van der Waals surface area contributed by atoms with Crippen molar-refractivity contribution < 1.29 is 0 Å². The molecule has 0 saturated carbocycles. The molecule has 1 aromatic rings. The lowest BCUT2D eigenvalue weighted by atomic mass is 10.7. The van der Waals surface area contributed by atoms with E-state index in [1.54, 1.807) is 18.0 Å². The van der Waals surface area contributed by atoms with Crippen molar-refractivity contribution in [3.63, 3.8) is 0 Å². The molecule has 0 aliphatic carbocycles. The van der Waals surface area contributed by atoms with Crippen molar-refractivity contribution in [2.24, 2.45) is 0 Å². The highest BCUT2D eigenvalue weighted by molar-refractivity contribution is 7.99. The van der Waals surface area contributed by atoms with Crippen molar-refractivity contribution in [2.45, 2.75) is 25.5 Å². The molecule has 0 amide bonds. The van der Waals surface area contributed by atoms with Gasteiger partial charge in [-0.15, -0.1) is 0 Å². The Kier molecular flexibility index (Phi) is 2.82. The Hall–Kier alpha value is -0.640. The van der Waals surface area contributed by atoms with Crippen molar-refractivity contribution in [1.29, 1.82) is 0 Å². The second-order valence-electron chi connectivity index (χ2n) is 2.14. The number of thioether (sulfide) groups is 1. The zero-order valence-electron chi connectivity index (χ0n) is 6.87. The van der Waals surface area contributed by atoms with Gasteiger partial charge in [-0.1, -0.05) is 18.7 Å². The van der Waals surface area contributed by atoms with Crippen LogP contribution in [0.2, 0.25) is 0 Å². The van der Waals surface area contributed by atoms with E-state index in [9.17, 15) is 0 Å². The molecule has 1 heterocycles. The third-order valence-corrected chi connectivity index (χ3v) is 2.31. The van der Waals surface area contributed by atoms with E-state index in [0.717, 1.165) is 23.3 Å². The maximum Gasteiger partial charge on any atom is 0.169 e. The molecule has 2 N–H and O–H groups in total. The Labute approximate surface area is 71.0 Å². The van der Waals surface area contributed by atoms with E-state index >= 15 is 0 Å². The van der Waals surface area contributed by atoms with Gasteiger partial charge in [0.15, 0.2) is 5.16 Å². The van der Waals surface area contributed by atoms with E-state index < -0.39 is 0 Å². The molecule has 0 aromatic carbocycles. The van der Waals surface area contributed by atoms with Gasteiger partial charge in [0.05, 0.1) is 6.20 Å². The Bertz CT molecular complexity index is 232. The second-order valence-corrected chi connectivity index (χ2v) is 3.37. The zero-order valence-corrected chi connectivity index (χ0v) is 7.69. The number of anilines is 1. The second kappa shape index (κ2) is 3.67. The number of nitrogens with two attached hydrogens (primary N) is 1. The SMILES string of the molecule is CCSc1ncc(N)n1CC. The molecule has 0 unspecified atom stereocenters. The summed E-state index contributed by atoms with van der Waals surface area (Å²) in [4.78, 5) is 4.18. The molecule has 0 aliphatic heterocycles. The number of nitrogen functional groups attached to an aromatic ring is 1. The molecule has 4 heteroatoms. The topological polar surface area (TPSA) is 43.8 Å². The molecule has 3 nitrogen and oxygen atoms in total. The summed E-state index contributed by atoms with van der Waals surface area (Å²) in [7, 11) is 0. The van der Waals surface area contributed by atoms with Gasteiger partial charge in [0.25, 0.3) is 0 Å². The first kappa shape index (κ1) is 8.46. The summed E-state index contributed by atoms with van der Waals surface area (Å²) in [6, 6.07) is 0. The molecule has 0 bridgehead atoms. The van der Waals surface area contributed by atoms with Crippen LogP contribution in [-0.2, 0) is 6.54 Å². The highest BCUT2D eigenvalue weighted by Crippen LogP contribution is 2.18. The number of hydrogen-bond donors (Lipinski definition) is 1. The highest BCUT2D eigenvalue weighted by atomic mass is 32.2. The molecular weight excluding hydrogens is 158 g/mol. The van der Waals surface area contributed by atoms with Crippen LogP contribution in [0, 0.1) is 0 Å². The molecule has 62 valence electrons. The maximum absolute atomic E-state index is 5.67. The van der Waals surface area contributed by atoms with Crippen LogP contribution in [0.3, 0.4) is 0 Å². The Morgan fingerprint density at radius 1 is 1.64 bits per heavy atom. The van der Waals surface area contributed by atoms with Crippen LogP contribution in [0.4, 0.5) is 5.82 Å². The Balaban J connectivity index is 2.86. The minimum atomic E-state index is 0.753. The number of aromatic nitrogens is 2. The normalized spacial score (nSPS) is 10.4. The van der Waals surface area contributed by atoms with Crippen molar-refractivity contribution >= 4 is 17.6 Å². The zero-order chi connectivity index (χ0) is 8.27. The molecule has 1 aromatic heterocycles. The summed E-state index contributed by atoms with van der Waals surface area (Å²) in [6.07, 6.45) is 1.71. The first-order valence-corrected chi connectivity index (χ1v) is 4.72. The fourth-order valence-electron chi connectivity index (χ4n) is 0.933. The molecule has 11 heavy (non-hydrogen) atoms. The van der Waals surface area contributed by atoms with Crippen LogP contribution in [0.25, 0.3) is 0 Å². The lowest BCUT2D eigenvalue weighted by Crippen LogP contribution is -2.01. The third-order valence-electron chi connectivity index (χ3n) is 1.44. The molecule has 0 spiro atoms. The number of imidazole rings is 1. The fourth-order valence-corrected chi connectivity index (χ4v) is 1.71. The Morgan fingerprint density at radius 3 is 2.91 bits per heavy atom. The van der Waals surface area contributed by atoms with Crippen molar-refractivity contribution in [3.8, 4) is 0 Å². The minimum absolute atomic E-state index is 0.753. The molecule has 0 saturated heterocycles. The smallest absolute Gasteiger partial charge is 0.169 e. The van der Waals surface area contributed by atoms with Crippen molar-refractivity contribution in [3.05, 3.63) is 6.20 Å². The predicted octanol–water partition coefficient (Wildman–Crippen LogP) is 1.60. The van der Waals surface area contributed by atoms with Gasteiger partial charge < -0.3 is 10.3 Å². The van der Waals surface area contributed by atoms with Crippen LogP contribution in [-0.4, -0.2) is 15.3 Å². The van der Waals surface area contributed by atoms with Gasteiger partial charge >= 0.3 is 0 Å². The van der Waals surface area contributed by atoms with Crippen LogP contribution < -0.4 is 5.73 Å². The number of hydrogen-bond acceptors (Lipinski definition) is 3. The van der Waals surface area contributed by atoms with E-state index in [4.69, 9.17) is 5.73 Å². The first-order chi connectivity index (χ1) is 5.29. The monoisotopic (exact) mass is 171 g/mol. The van der Waals surface area contributed by atoms with Gasteiger partial charge in [-0.05, 0) is 12.7 Å². The molecule has 1 rings (SSSR count). The van der Waals surface area contributed by atoms with Crippen molar-refractivity contribution in [2.75, 3.05) is 11.5 Å². The average Bonchev–Trinajstić information content (AvgIpc) is 2.33. The van der Waals surface area contributed by atoms with E-state index in [-0.39, 0.29) is 0 Å². The average molecular weight is 171 g/mol. The third kappa shape index (κ3) is 1.68.